The summed E-state index contributed by atoms with van der Waals surface area (Å²) in [6.07, 6.45) is 4.27. The van der Waals surface area contributed by atoms with Crippen LogP contribution in [-0.4, -0.2) is 46.1 Å². The molecule has 3 rings (SSSR count). The van der Waals surface area contributed by atoms with Gasteiger partial charge in [-0.2, -0.15) is 0 Å². The molecule has 0 aliphatic carbocycles. The van der Waals surface area contributed by atoms with E-state index in [0.717, 1.165) is 63.0 Å². The van der Waals surface area contributed by atoms with E-state index in [-0.39, 0.29) is 29.4 Å². The second kappa shape index (κ2) is 10.2. The van der Waals surface area contributed by atoms with Crippen LogP contribution in [0.1, 0.15) is 38.2 Å². The molecule has 0 saturated carbocycles. The molecule has 7 heteroatoms. The molecule has 1 aromatic carbocycles. The van der Waals surface area contributed by atoms with Crippen LogP contribution in [0.15, 0.2) is 23.2 Å². The van der Waals surface area contributed by atoms with Gasteiger partial charge in [-0.25, -0.2) is 0 Å². The molecule has 6 nitrogen and oxygen atoms in total. The first-order valence-corrected chi connectivity index (χ1v) is 9.20. The number of halogens is 1. The third kappa shape index (κ3) is 4.94. The minimum atomic E-state index is 0. The van der Waals surface area contributed by atoms with Gasteiger partial charge in [0, 0.05) is 38.8 Å². The van der Waals surface area contributed by atoms with Crippen LogP contribution in [0.2, 0.25) is 0 Å². The predicted octanol–water partition coefficient (Wildman–Crippen LogP) is 3.05. The van der Waals surface area contributed by atoms with Crippen molar-refractivity contribution in [2.24, 2.45) is 4.99 Å². The van der Waals surface area contributed by atoms with E-state index < -0.39 is 0 Å². The Kier molecular flexibility index (Phi) is 8.27. The van der Waals surface area contributed by atoms with Gasteiger partial charge in [-0.1, -0.05) is 19.4 Å². The maximum Gasteiger partial charge on any atom is 0.231 e. The molecule has 146 valence electrons. The predicted molar refractivity (Wildman–Crippen MR) is 114 cm³/mol. The van der Waals surface area contributed by atoms with Crippen LogP contribution in [0.5, 0.6) is 11.5 Å². The van der Waals surface area contributed by atoms with Gasteiger partial charge in [-0.15, -0.1) is 24.0 Å². The summed E-state index contributed by atoms with van der Waals surface area (Å²) in [5.74, 6) is 2.53. The van der Waals surface area contributed by atoms with Crippen molar-refractivity contribution in [3.05, 3.63) is 23.8 Å². The monoisotopic (exact) mass is 475 g/mol. The zero-order chi connectivity index (χ0) is 17.5. The highest BCUT2D eigenvalue weighted by Gasteiger charge is 2.35. The second-order valence-corrected chi connectivity index (χ2v) is 6.67. The number of unbranched alkanes of at least 4 members (excludes halogenated alkanes) is 1. The first-order valence-electron chi connectivity index (χ1n) is 9.20. The summed E-state index contributed by atoms with van der Waals surface area (Å²) in [5, 5.41) is 6.90. The fourth-order valence-electron chi connectivity index (χ4n) is 3.41. The molecule has 1 saturated heterocycles. The van der Waals surface area contributed by atoms with Crippen LogP contribution in [0.3, 0.4) is 0 Å². The minimum absolute atomic E-state index is 0. The quantitative estimate of drug-likeness (QED) is 0.287. The zero-order valence-electron chi connectivity index (χ0n) is 15.7. The lowest BCUT2D eigenvalue weighted by Gasteiger charge is -2.38. The lowest BCUT2D eigenvalue weighted by molar-refractivity contribution is 0.0513. The van der Waals surface area contributed by atoms with Crippen LogP contribution < -0.4 is 20.1 Å². The highest BCUT2D eigenvalue weighted by molar-refractivity contribution is 14.0. The Bertz CT molecular complexity index is 604. The first kappa shape index (κ1) is 21.1. The van der Waals surface area contributed by atoms with Gasteiger partial charge in [0.25, 0.3) is 0 Å². The maximum atomic E-state index is 5.62. The number of nitrogens with zero attached hydrogens (tertiary/aromatic N) is 1. The van der Waals surface area contributed by atoms with Gasteiger partial charge in [-0.3, -0.25) is 4.99 Å². The third-order valence-electron chi connectivity index (χ3n) is 5.08. The number of benzene rings is 1. The SMILES string of the molecule is CCCCNC(=NC)NCC1(c2ccc3c(c2)OCO3)CCOCC1.I. The summed E-state index contributed by atoms with van der Waals surface area (Å²) < 4.78 is 16.7. The molecule has 26 heavy (non-hydrogen) atoms. The van der Waals surface area contributed by atoms with Crippen molar-refractivity contribution in [1.82, 2.24) is 10.6 Å². The van der Waals surface area contributed by atoms with Crippen LogP contribution >= 0.6 is 24.0 Å². The van der Waals surface area contributed by atoms with Crippen molar-refractivity contribution in [2.75, 3.05) is 40.1 Å². The average molecular weight is 475 g/mol. The molecule has 0 atom stereocenters. The molecule has 0 amide bonds. The molecule has 2 aliphatic heterocycles. The van der Waals surface area contributed by atoms with Crippen molar-refractivity contribution >= 4 is 29.9 Å². The van der Waals surface area contributed by atoms with Gasteiger partial charge in [0.1, 0.15) is 0 Å². The highest BCUT2D eigenvalue weighted by atomic mass is 127. The van der Waals surface area contributed by atoms with Gasteiger partial charge in [-0.05, 0) is 37.0 Å². The Morgan fingerprint density at radius 2 is 1.92 bits per heavy atom. The number of guanidine groups is 1. The number of nitrogens with one attached hydrogen (secondary N) is 2. The molecule has 0 bridgehead atoms. The van der Waals surface area contributed by atoms with Crippen molar-refractivity contribution < 1.29 is 14.2 Å². The number of fused-ring (bicyclic) bond motifs is 1. The lowest BCUT2D eigenvalue weighted by Crippen LogP contribution is -2.48. The van der Waals surface area contributed by atoms with Crippen molar-refractivity contribution in [2.45, 2.75) is 38.0 Å². The molecule has 0 aromatic heterocycles. The Labute approximate surface area is 173 Å². The van der Waals surface area contributed by atoms with Crippen LogP contribution in [-0.2, 0) is 10.2 Å². The summed E-state index contributed by atoms with van der Waals surface area (Å²) in [6.45, 7) is 5.81. The molecular formula is C19H30IN3O3. The molecule has 2 heterocycles. The molecule has 1 fully saturated rings. The average Bonchev–Trinajstić information content (AvgIpc) is 3.13. The maximum absolute atomic E-state index is 5.62. The van der Waals surface area contributed by atoms with E-state index in [1.54, 1.807) is 0 Å². The van der Waals surface area contributed by atoms with Crippen LogP contribution in [0, 0.1) is 0 Å². The number of hydrogen-bond acceptors (Lipinski definition) is 4. The fraction of sp³-hybridized carbons (Fsp3) is 0.632. The summed E-state index contributed by atoms with van der Waals surface area (Å²) in [5.41, 5.74) is 1.29. The molecular weight excluding hydrogens is 445 g/mol. The van der Waals surface area contributed by atoms with Crippen molar-refractivity contribution in [3.63, 3.8) is 0 Å². The largest absolute Gasteiger partial charge is 0.454 e. The number of hydrogen-bond donors (Lipinski definition) is 2. The smallest absolute Gasteiger partial charge is 0.231 e. The molecule has 1 aromatic rings. The fourth-order valence-corrected chi connectivity index (χ4v) is 3.41. The highest BCUT2D eigenvalue weighted by Crippen LogP contribution is 2.40. The third-order valence-corrected chi connectivity index (χ3v) is 5.08. The number of ether oxygens (including phenoxy) is 3. The molecule has 0 spiro atoms. The normalized spacial score (nSPS) is 18.2. The topological polar surface area (TPSA) is 64.1 Å². The van der Waals surface area contributed by atoms with E-state index in [2.05, 4.69) is 34.7 Å². The van der Waals surface area contributed by atoms with Gasteiger partial charge in [0.05, 0.1) is 0 Å². The first-order chi connectivity index (χ1) is 12.3. The zero-order valence-corrected chi connectivity index (χ0v) is 18.0. The van der Waals surface area contributed by atoms with Gasteiger partial charge < -0.3 is 24.8 Å². The number of aliphatic imine (C=N–C) groups is 1. The molecule has 0 unspecified atom stereocenters. The van der Waals surface area contributed by atoms with E-state index >= 15 is 0 Å². The van der Waals surface area contributed by atoms with E-state index in [1.807, 2.05) is 13.1 Å². The van der Waals surface area contributed by atoms with E-state index in [1.165, 1.54) is 12.0 Å². The summed E-state index contributed by atoms with van der Waals surface area (Å²) in [7, 11) is 1.82. The minimum Gasteiger partial charge on any atom is -0.454 e. The number of rotatable bonds is 6. The Morgan fingerprint density at radius 3 is 2.65 bits per heavy atom. The summed E-state index contributed by atoms with van der Waals surface area (Å²) in [6, 6.07) is 6.31. The van der Waals surface area contributed by atoms with Crippen LogP contribution in [0.4, 0.5) is 0 Å². The Hall–Kier alpha value is -1.22. The second-order valence-electron chi connectivity index (χ2n) is 6.67. The summed E-state index contributed by atoms with van der Waals surface area (Å²) >= 11 is 0. The lowest BCUT2D eigenvalue weighted by atomic mass is 9.74. The van der Waals surface area contributed by atoms with Gasteiger partial charge in [0.15, 0.2) is 17.5 Å². The molecule has 2 aliphatic rings. The van der Waals surface area contributed by atoms with E-state index in [4.69, 9.17) is 14.2 Å². The molecule has 2 N–H and O–H groups in total. The molecule has 0 radical (unpaired) electrons. The summed E-state index contributed by atoms with van der Waals surface area (Å²) in [4.78, 5) is 4.35. The Balaban J connectivity index is 0.00000243. The van der Waals surface area contributed by atoms with Crippen molar-refractivity contribution in [1.29, 1.82) is 0 Å². The van der Waals surface area contributed by atoms with Gasteiger partial charge in [0.2, 0.25) is 6.79 Å². The Morgan fingerprint density at radius 1 is 1.15 bits per heavy atom. The van der Waals surface area contributed by atoms with Crippen molar-refractivity contribution in [3.8, 4) is 11.5 Å². The van der Waals surface area contributed by atoms with Crippen LogP contribution in [0.25, 0.3) is 0 Å². The standard InChI is InChI=1S/C19H29N3O3.HI/c1-3-4-9-21-18(20-2)22-13-19(7-10-23-11-8-19)15-5-6-16-17(12-15)25-14-24-16;/h5-6,12H,3-4,7-11,13-14H2,1-2H3,(H2,20,21,22);1H. The van der Waals surface area contributed by atoms with E-state index in [9.17, 15) is 0 Å². The van der Waals surface area contributed by atoms with Gasteiger partial charge >= 0.3 is 0 Å². The van der Waals surface area contributed by atoms with E-state index in [0.29, 0.717) is 6.79 Å².